The van der Waals surface area contributed by atoms with Crippen molar-refractivity contribution >= 4 is 0 Å². The second-order valence-corrected chi connectivity index (χ2v) is 5.97. The van der Waals surface area contributed by atoms with Gasteiger partial charge in [0.15, 0.2) is 5.82 Å². The topological polar surface area (TPSA) is 92.0 Å². The summed E-state index contributed by atoms with van der Waals surface area (Å²) in [5, 5.41) is 8.37. The minimum absolute atomic E-state index is 0.396. The molecular formula is C17H19N5O2. The predicted molar refractivity (Wildman–Crippen MR) is 86.3 cm³/mol. The predicted octanol–water partition coefficient (Wildman–Crippen LogP) is 1.87. The monoisotopic (exact) mass is 325 g/mol. The summed E-state index contributed by atoms with van der Waals surface area (Å²) in [6.45, 7) is 2.02. The van der Waals surface area contributed by atoms with Crippen molar-refractivity contribution in [2.75, 3.05) is 13.2 Å². The Morgan fingerprint density at radius 2 is 2.17 bits per heavy atom. The molecule has 0 bridgehead atoms. The van der Waals surface area contributed by atoms with Crippen molar-refractivity contribution in [1.29, 1.82) is 0 Å². The Morgan fingerprint density at radius 1 is 1.29 bits per heavy atom. The summed E-state index contributed by atoms with van der Waals surface area (Å²) in [6.07, 6.45) is 4.94. The maximum absolute atomic E-state index is 6.19. The van der Waals surface area contributed by atoms with Crippen LogP contribution >= 0.6 is 0 Å². The SMILES string of the molecule is NC(c1ccccc1)c1noc(Cn2cc(C3CCOC3)cn2)n1. The molecule has 7 heteroatoms. The van der Waals surface area contributed by atoms with Crippen LogP contribution in [-0.4, -0.2) is 33.1 Å². The molecule has 1 fully saturated rings. The molecule has 2 unspecified atom stereocenters. The molecule has 0 spiro atoms. The van der Waals surface area contributed by atoms with E-state index in [1.165, 1.54) is 5.56 Å². The lowest BCUT2D eigenvalue weighted by Crippen LogP contribution is -2.13. The van der Waals surface area contributed by atoms with E-state index in [4.69, 9.17) is 15.0 Å². The molecule has 4 rings (SSSR count). The zero-order valence-corrected chi connectivity index (χ0v) is 13.2. The van der Waals surface area contributed by atoms with Crippen molar-refractivity contribution in [2.24, 2.45) is 5.73 Å². The lowest BCUT2D eigenvalue weighted by Gasteiger charge is -2.05. The van der Waals surface area contributed by atoms with Crippen LogP contribution in [0.3, 0.4) is 0 Å². The van der Waals surface area contributed by atoms with Crippen LogP contribution in [0.5, 0.6) is 0 Å². The number of nitrogens with two attached hydrogens (primary N) is 1. The Morgan fingerprint density at radius 3 is 2.96 bits per heavy atom. The molecule has 24 heavy (non-hydrogen) atoms. The van der Waals surface area contributed by atoms with Gasteiger partial charge in [0.25, 0.3) is 0 Å². The third-order valence-electron chi connectivity index (χ3n) is 4.27. The molecule has 0 aliphatic carbocycles. The third kappa shape index (κ3) is 3.08. The van der Waals surface area contributed by atoms with Gasteiger partial charge < -0.3 is 15.0 Å². The number of hydrogen-bond donors (Lipinski definition) is 1. The molecule has 3 aromatic rings. The smallest absolute Gasteiger partial charge is 0.248 e. The lowest BCUT2D eigenvalue weighted by atomic mass is 10.0. The van der Waals surface area contributed by atoms with Gasteiger partial charge in [0, 0.05) is 18.7 Å². The largest absolute Gasteiger partial charge is 0.381 e. The molecule has 0 amide bonds. The van der Waals surface area contributed by atoms with E-state index in [1.807, 2.05) is 42.7 Å². The molecule has 2 aromatic heterocycles. The first-order valence-corrected chi connectivity index (χ1v) is 8.02. The number of aromatic nitrogens is 4. The Labute approximate surface area is 139 Å². The van der Waals surface area contributed by atoms with Gasteiger partial charge in [-0.15, -0.1) is 0 Å². The first-order valence-electron chi connectivity index (χ1n) is 8.02. The highest BCUT2D eigenvalue weighted by Crippen LogP contribution is 2.24. The van der Waals surface area contributed by atoms with Crippen LogP contribution in [0.15, 0.2) is 47.2 Å². The highest BCUT2D eigenvalue weighted by atomic mass is 16.5. The molecular weight excluding hydrogens is 306 g/mol. The minimum atomic E-state index is -0.396. The highest BCUT2D eigenvalue weighted by molar-refractivity contribution is 5.23. The van der Waals surface area contributed by atoms with E-state index in [0.29, 0.717) is 24.2 Å². The van der Waals surface area contributed by atoms with E-state index in [-0.39, 0.29) is 0 Å². The first-order chi connectivity index (χ1) is 11.8. The van der Waals surface area contributed by atoms with E-state index in [1.54, 1.807) is 4.68 Å². The van der Waals surface area contributed by atoms with Crippen LogP contribution < -0.4 is 5.73 Å². The molecule has 0 saturated carbocycles. The van der Waals surface area contributed by atoms with Gasteiger partial charge in [0.2, 0.25) is 5.89 Å². The van der Waals surface area contributed by atoms with E-state index in [2.05, 4.69) is 15.2 Å². The number of benzene rings is 1. The minimum Gasteiger partial charge on any atom is -0.381 e. The summed E-state index contributed by atoms with van der Waals surface area (Å²) < 4.78 is 12.5. The van der Waals surface area contributed by atoms with Gasteiger partial charge in [0.1, 0.15) is 6.54 Å². The zero-order chi connectivity index (χ0) is 16.4. The van der Waals surface area contributed by atoms with Crippen molar-refractivity contribution in [2.45, 2.75) is 24.9 Å². The van der Waals surface area contributed by atoms with Crippen LogP contribution in [0.4, 0.5) is 0 Å². The van der Waals surface area contributed by atoms with Crippen LogP contribution in [0, 0.1) is 0 Å². The lowest BCUT2D eigenvalue weighted by molar-refractivity contribution is 0.194. The molecule has 1 aromatic carbocycles. The summed E-state index contributed by atoms with van der Waals surface area (Å²) in [4.78, 5) is 4.40. The molecule has 3 heterocycles. The summed E-state index contributed by atoms with van der Waals surface area (Å²) in [5.74, 6) is 1.41. The van der Waals surface area contributed by atoms with Gasteiger partial charge in [-0.25, -0.2) is 0 Å². The molecule has 124 valence electrons. The molecule has 1 aliphatic heterocycles. The Hall–Kier alpha value is -2.51. The fraction of sp³-hybridized carbons (Fsp3) is 0.353. The molecule has 0 radical (unpaired) electrons. The van der Waals surface area contributed by atoms with E-state index < -0.39 is 6.04 Å². The average molecular weight is 325 g/mol. The third-order valence-corrected chi connectivity index (χ3v) is 4.27. The fourth-order valence-corrected chi connectivity index (χ4v) is 2.88. The highest BCUT2D eigenvalue weighted by Gasteiger charge is 2.20. The van der Waals surface area contributed by atoms with Crippen LogP contribution in [0.25, 0.3) is 0 Å². The quantitative estimate of drug-likeness (QED) is 0.770. The summed E-state index contributed by atoms with van der Waals surface area (Å²) in [5.41, 5.74) is 8.33. The van der Waals surface area contributed by atoms with Gasteiger partial charge >= 0.3 is 0 Å². The van der Waals surface area contributed by atoms with Gasteiger partial charge in [-0.2, -0.15) is 10.1 Å². The molecule has 7 nitrogen and oxygen atoms in total. The Kier molecular flexibility index (Phi) is 4.10. The standard InChI is InChI=1S/C17H19N5O2/c18-16(12-4-2-1-3-5-12)17-20-15(24-21-17)10-22-9-14(8-19-22)13-6-7-23-11-13/h1-5,8-9,13,16H,6-7,10-11,18H2. The van der Waals surface area contributed by atoms with Crippen molar-refractivity contribution in [3.63, 3.8) is 0 Å². The van der Waals surface area contributed by atoms with E-state index in [0.717, 1.165) is 25.2 Å². The van der Waals surface area contributed by atoms with Crippen molar-refractivity contribution in [1.82, 2.24) is 19.9 Å². The van der Waals surface area contributed by atoms with Gasteiger partial charge in [0.05, 0.1) is 18.8 Å². The zero-order valence-electron chi connectivity index (χ0n) is 13.2. The van der Waals surface area contributed by atoms with Gasteiger partial charge in [-0.3, -0.25) is 4.68 Å². The maximum atomic E-state index is 6.19. The number of ether oxygens (including phenoxy) is 1. The van der Waals surface area contributed by atoms with Crippen LogP contribution in [-0.2, 0) is 11.3 Å². The normalized spacial score (nSPS) is 18.8. The second-order valence-electron chi connectivity index (χ2n) is 5.97. The molecule has 1 aliphatic rings. The van der Waals surface area contributed by atoms with Crippen molar-refractivity contribution < 1.29 is 9.26 Å². The Bertz CT molecular complexity index is 792. The van der Waals surface area contributed by atoms with Gasteiger partial charge in [-0.05, 0) is 17.5 Å². The Balaban J connectivity index is 1.45. The number of hydrogen-bond acceptors (Lipinski definition) is 6. The number of rotatable bonds is 5. The van der Waals surface area contributed by atoms with Gasteiger partial charge in [-0.1, -0.05) is 35.5 Å². The second kappa shape index (κ2) is 6.54. The summed E-state index contributed by atoms with van der Waals surface area (Å²) in [7, 11) is 0. The van der Waals surface area contributed by atoms with Crippen LogP contribution in [0.2, 0.25) is 0 Å². The fourth-order valence-electron chi connectivity index (χ4n) is 2.88. The van der Waals surface area contributed by atoms with E-state index >= 15 is 0 Å². The van der Waals surface area contributed by atoms with Crippen molar-refractivity contribution in [3.05, 3.63) is 65.6 Å². The van der Waals surface area contributed by atoms with E-state index in [9.17, 15) is 0 Å². The summed E-state index contributed by atoms with van der Waals surface area (Å²) in [6, 6.07) is 9.33. The average Bonchev–Trinajstić information content (AvgIpc) is 3.37. The van der Waals surface area contributed by atoms with Crippen molar-refractivity contribution in [3.8, 4) is 0 Å². The molecule has 1 saturated heterocycles. The summed E-state index contributed by atoms with van der Waals surface area (Å²) >= 11 is 0. The first kappa shape index (κ1) is 15.0. The molecule has 2 N–H and O–H groups in total. The molecule has 2 atom stereocenters. The number of nitrogens with zero attached hydrogens (tertiary/aromatic N) is 4. The maximum Gasteiger partial charge on any atom is 0.248 e. The van der Waals surface area contributed by atoms with Crippen LogP contribution in [0.1, 0.15) is 41.2 Å².